The van der Waals surface area contributed by atoms with E-state index in [9.17, 15) is 22.9 Å². The number of pyridine rings is 1. The van der Waals surface area contributed by atoms with Crippen molar-refractivity contribution in [1.29, 1.82) is 0 Å². The third-order valence-corrected chi connectivity index (χ3v) is 8.00. The molecule has 2 aromatic heterocycles. The van der Waals surface area contributed by atoms with Crippen molar-refractivity contribution in [1.82, 2.24) is 20.2 Å². The first-order chi connectivity index (χ1) is 17.9. The molecule has 0 radical (unpaired) electrons. The summed E-state index contributed by atoms with van der Waals surface area (Å²) in [4.78, 5) is 35.2. The highest BCUT2D eigenvalue weighted by Crippen LogP contribution is 2.42. The lowest BCUT2D eigenvalue weighted by Gasteiger charge is -2.33. The molecule has 206 valence electrons. The molecule has 0 unspecified atom stereocenters. The Balaban J connectivity index is 1.75. The molecular formula is C26H33F3N6O2S. The average molecular weight is 551 g/mol. The maximum Gasteiger partial charge on any atom is 0.417 e. The lowest BCUT2D eigenvalue weighted by atomic mass is 10.0. The first-order valence-electron chi connectivity index (χ1n) is 12.8. The number of piperidine rings is 1. The Kier molecular flexibility index (Phi) is 8.10. The Morgan fingerprint density at radius 3 is 2.63 bits per heavy atom. The average Bonchev–Trinajstić information content (AvgIpc) is 3.61. The van der Waals surface area contributed by atoms with Crippen molar-refractivity contribution in [3.05, 3.63) is 40.0 Å². The van der Waals surface area contributed by atoms with Gasteiger partial charge in [0.05, 0.1) is 16.1 Å². The summed E-state index contributed by atoms with van der Waals surface area (Å²) in [7, 11) is 0. The molecule has 2 fully saturated rings. The zero-order chi connectivity index (χ0) is 27.7. The van der Waals surface area contributed by atoms with Crippen molar-refractivity contribution in [3.8, 4) is 10.4 Å². The van der Waals surface area contributed by atoms with Crippen molar-refractivity contribution >= 4 is 28.8 Å². The van der Waals surface area contributed by atoms with Crippen LogP contribution >= 0.6 is 11.3 Å². The minimum atomic E-state index is -4.67. The van der Waals surface area contributed by atoms with Crippen LogP contribution in [0.3, 0.4) is 0 Å². The van der Waals surface area contributed by atoms with Crippen LogP contribution in [0.4, 0.5) is 19.0 Å². The minimum Gasteiger partial charge on any atom is -0.381 e. The van der Waals surface area contributed by atoms with E-state index in [2.05, 4.69) is 32.4 Å². The highest BCUT2D eigenvalue weighted by molar-refractivity contribution is 7.16. The fraction of sp³-hybridized carbons (Fsp3) is 0.577. The number of anilines is 1. The molecule has 0 spiro atoms. The van der Waals surface area contributed by atoms with Gasteiger partial charge in [-0.1, -0.05) is 11.8 Å². The van der Waals surface area contributed by atoms with Crippen LogP contribution in [0, 0.1) is 10.8 Å². The molecule has 1 saturated carbocycles. The van der Waals surface area contributed by atoms with E-state index in [4.69, 9.17) is 0 Å². The zero-order valence-electron chi connectivity index (χ0n) is 21.8. The summed E-state index contributed by atoms with van der Waals surface area (Å²) in [6, 6.07) is 0.949. The second-order valence-electron chi connectivity index (χ2n) is 10.7. The lowest BCUT2D eigenvalue weighted by molar-refractivity contribution is -0.137. The van der Waals surface area contributed by atoms with Gasteiger partial charge in [0.25, 0.3) is 5.91 Å². The zero-order valence-corrected chi connectivity index (χ0v) is 22.6. The molecule has 1 aliphatic heterocycles. The van der Waals surface area contributed by atoms with Gasteiger partial charge < -0.3 is 15.5 Å². The molecule has 8 nitrogen and oxygen atoms in total. The van der Waals surface area contributed by atoms with Crippen molar-refractivity contribution < 1.29 is 18.0 Å². The summed E-state index contributed by atoms with van der Waals surface area (Å²) in [6.45, 7) is 10.4. The summed E-state index contributed by atoms with van der Waals surface area (Å²) >= 11 is 0.947. The van der Waals surface area contributed by atoms with E-state index < -0.39 is 23.2 Å². The number of amides is 1. The number of nitrogens with one attached hydrogen (secondary N) is 2. The number of halogens is 3. The highest BCUT2D eigenvalue weighted by atomic mass is 32.1. The van der Waals surface area contributed by atoms with Crippen LogP contribution in [0.25, 0.3) is 16.1 Å². The largest absolute Gasteiger partial charge is 0.417 e. The second-order valence-corrected chi connectivity index (χ2v) is 11.7. The molecule has 1 atom stereocenters. The van der Waals surface area contributed by atoms with Crippen molar-refractivity contribution in [3.63, 3.8) is 0 Å². The minimum absolute atomic E-state index is 0.0516. The summed E-state index contributed by atoms with van der Waals surface area (Å²) in [5.74, 6) is 0.190. The van der Waals surface area contributed by atoms with Crippen LogP contribution in [0.2, 0.25) is 0 Å². The lowest BCUT2D eigenvalue weighted by Crippen LogP contribution is -2.42. The molecule has 0 bridgehead atoms. The summed E-state index contributed by atoms with van der Waals surface area (Å²) in [5, 5.41) is 9.30. The molecule has 4 rings (SSSR count). The van der Waals surface area contributed by atoms with E-state index in [1.54, 1.807) is 18.7 Å². The molecule has 2 aromatic rings. The van der Waals surface area contributed by atoms with Crippen LogP contribution in [0.15, 0.2) is 24.0 Å². The number of hydrogen-bond acceptors (Lipinski definition) is 8. The SMILES string of the molecule is C=C(NCC(C)(C)N=O)c1nc(C(=O)N2CCCC[C@@H]2C)c(-c2cnc(NCC3CC3)cc2C(F)(F)F)s1. The number of rotatable bonds is 10. The molecule has 0 aromatic carbocycles. The van der Waals surface area contributed by atoms with Crippen molar-refractivity contribution in [2.24, 2.45) is 11.1 Å². The predicted molar refractivity (Wildman–Crippen MR) is 143 cm³/mol. The number of carbonyl (C=O) groups excluding carboxylic acids is 1. The fourth-order valence-electron chi connectivity index (χ4n) is 4.28. The molecule has 1 aliphatic carbocycles. The Morgan fingerprint density at radius 1 is 1.26 bits per heavy atom. The van der Waals surface area contributed by atoms with Crippen LogP contribution in [-0.4, -0.2) is 52.0 Å². The van der Waals surface area contributed by atoms with Gasteiger partial charge in [0.1, 0.15) is 22.1 Å². The van der Waals surface area contributed by atoms with Gasteiger partial charge in [-0.3, -0.25) is 4.79 Å². The topological polar surface area (TPSA) is 99.6 Å². The van der Waals surface area contributed by atoms with Gasteiger partial charge in [0.15, 0.2) is 0 Å². The third kappa shape index (κ3) is 6.51. The number of aromatic nitrogens is 2. The highest BCUT2D eigenvalue weighted by Gasteiger charge is 2.38. The van der Waals surface area contributed by atoms with Gasteiger partial charge in [-0.15, -0.1) is 11.3 Å². The Morgan fingerprint density at radius 2 is 2.00 bits per heavy atom. The van der Waals surface area contributed by atoms with Gasteiger partial charge in [0.2, 0.25) is 0 Å². The number of alkyl halides is 3. The Labute approximate surface area is 224 Å². The summed E-state index contributed by atoms with van der Waals surface area (Å²) in [6.07, 6.45) is 1.23. The normalized spacial score (nSPS) is 18.3. The van der Waals surface area contributed by atoms with Crippen LogP contribution < -0.4 is 10.6 Å². The Bertz CT molecular complexity index is 1210. The number of carbonyl (C=O) groups is 1. The fourth-order valence-corrected chi connectivity index (χ4v) is 5.31. The third-order valence-electron chi connectivity index (χ3n) is 6.86. The number of likely N-dealkylation sites (tertiary alicyclic amines) is 1. The number of hydrogen-bond donors (Lipinski definition) is 2. The van der Waals surface area contributed by atoms with Crippen molar-refractivity contribution in [2.75, 3.05) is 25.0 Å². The quantitative estimate of drug-likeness (QED) is 0.344. The molecule has 1 saturated heterocycles. The second kappa shape index (κ2) is 11.0. The number of thiazole rings is 1. The van der Waals surface area contributed by atoms with E-state index in [1.165, 1.54) is 6.20 Å². The van der Waals surface area contributed by atoms with Crippen LogP contribution in [-0.2, 0) is 6.18 Å². The van der Waals surface area contributed by atoms with Gasteiger partial charge >= 0.3 is 6.18 Å². The maximum atomic E-state index is 14.3. The molecule has 2 N–H and O–H groups in total. The molecule has 3 heterocycles. The van der Waals surface area contributed by atoms with Crippen molar-refractivity contribution in [2.45, 2.75) is 70.6 Å². The van der Waals surface area contributed by atoms with Gasteiger partial charge in [0, 0.05) is 37.4 Å². The standard InChI is InChI=1S/C26H33F3N6O2S/c1-15-7-5-6-10-35(15)24(36)21-22(38-23(33-21)16(2)32-14-25(3,4)34-37)18-13-31-20(30-12-17-8-9-17)11-19(18)26(27,28)29/h11,13,15,17,32H,2,5-10,12,14H2,1,3-4H3,(H,30,31)/t15-/m0/s1. The molecule has 38 heavy (non-hydrogen) atoms. The molecule has 2 aliphatic rings. The van der Waals surface area contributed by atoms with Crippen LogP contribution in [0.1, 0.15) is 73.9 Å². The van der Waals surface area contributed by atoms with E-state index in [0.29, 0.717) is 24.7 Å². The first kappa shape index (κ1) is 28.0. The summed E-state index contributed by atoms with van der Waals surface area (Å²) < 4.78 is 42.9. The Hall–Kier alpha value is -3.02. The molecular weight excluding hydrogens is 517 g/mol. The smallest absolute Gasteiger partial charge is 0.381 e. The maximum absolute atomic E-state index is 14.3. The van der Waals surface area contributed by atoms with E-state index >= 15 is 0 Å². The number of nitrogens with zero attached hydrogens (tertiary/aromatic N) is 4. The molecule has 1 amide bonds. The van der Waals surface area contributed by atoms with E-state index in [-0.39, 0.29) is 39.5 Å². The van der Waals surface area contributed by atoms with Crippen LogP contribution in [0.5, 0.6) is 0 Å². The van der Waals surface area contributed by atoms with Gasteiger partial charge in [-0.2, -0.15) is 18.1 Å². The van der Waals surface area contributed by atoms with Gasteiger partial charge in [-0.05, 0) is 64.9 Å². The summed E-state index contributed by atoms with van der Waals surface area (Å²) in [5.41, 5.74) is -1.77. The van der Waals surface area contributed by atoms with Gasteiger partial charge in [-0.25, -0.2) is 9.97 Å². The first-order valence-corrected chi connectivity index (χ1v) is 13.6. The van der Waals surface area contributed by atoms with E-state index in [1.807, 2.05) is 6.92 Å². The van der Waals surface area contributed by atoms with E-state index in [0.717, 1.165) is 49.5 Å². The number of nitroso groups, excluding NO2 is 1. The molecule has 12 heteroatoms. The monoisotopic (exact) mass is 550 g/mol. The predicted octanol–water partition coefficient (Wildman–Crippen LogP) is 6.17.